The maximum absolute atomic E-state index is 14.4. The van der Waals surface area contributed by atoms with E-state index in [9.17, 15) is 19.1 Å². The second kappa shape index (κ2) is 9.24. The minimum Gasteiger partial charge on any atom is -0.508 e. The number of ether oxygens (including phenoxy) is 2. The van der Waals surface area contributed by atoms with Crippen molar-refractivity contribution in [1.29, 1.82) is 0 Å². The van der Waals surface area contributed by atoms with E-state index in [1.807, 2.05) is 11.0 Å². The van der Waals surface area contributed by atoms with Crippen LogP contribution in [0.2, 0.25) is 0 Å². The van der Waals surface area contributed by atoms with E-state index < -0.39 is 23.3 Å². The zero-order chi connectivity index (χ0) is 28.7. The van der Waals surface area contributed by atoms with Gasteiger partial charge in [0.25, 0.3) is 5.91 Å². The Bertz CT molecular complexity index is 1490. The molecule has 4 fully saturated rings. The van der Waals surface area contributed by atoms with E-state index in [-0.39, 0.29) is 36.4 Å². The minimum atomic E-state index is -1.02. The SMILES string of the molecule is O=C1NC(=O)C2(CCCN(c3nc(OCC45CCCN4C[C@H](F)C5)nc4c3COC3(CCc5ccc(O)cc53)C4)C2)N1. The molecule has 0 bridgehead atoms. The number of carbonyl (C=O) groups excluding carboxylic acids is 2. The molecule has 1 aliphatic carbocycles. The van der Waals surface area contributed by atoms with Gasteiger partial charge in [0.1, 0.15) is 29.9 Å². The smallest absolute Gasteiger partial charge is 0.322 e. The van der Waals surface area contributed by atoms with Gasteiger partial charge in [-0.25, -0.2) is 9.18 Å². The number of hydrogen-bond acceptors (Lipinski definition) is 9. The molecule has 3 unspecified atom stereocenters. The van der Waals surface area contributed by atoms with Gasteiger partial charge in [-0.05, 0) is 68.3 Å². The summed E-state index contributed by atoms with van der Waals surface area (Å²) in [6, 6.07) is 5.22. The molecule has 42 heavy (non-hydrogen) atoms. The van der Waals surface area contributed by atoms with Crippen molar-refractivity contribution in [2.45, 2.75) is 80.8 Å². The molecule has 3 N–H and O–H groups in total. The third-order valence-corrected chi connectivity index (χ3v) is 10.4. The van der Waals surface area contributed by atoms with Crippen molar-refractivity contribution in [2.24, 2.45) is 0 Å². The van der Waals surface area contributed by atoms with Crippen molar-refractivity contribution in [3.8, 4) is 11.8 Å². The Morgan fingerprint density at radius 1 is 1.17 bits per heavy atom. The van der Waals surface area contributed by atoms with E-state index in [1.54, 1.807) is 12.1 Å². The monoisotopic (exact) mass is 578 g/mol. The summed E-state index contributed by atoms with van der Waals surface area (Å²) < 4.78 is 27.4. The largest absolute Gasteiger partial charge is 0.508 e. The summed E-state index contributed by atoms with van der Waals surface area (Å²) in [6.45, 7) is 2.81. The van der Waals surface area contributed by atoms with Crippen LogP contribution in [0.4, 0.5) is 15.0 Å². The summed E-state index contributed by atoms with van der Waals surface area (Å²) in [6.07, 6.45) is 4.83. The first-order chi connectivity index (χ1) is 20.3. The van der Waals surface area contributed by atoms with Gasteiger partial charge in [-0.15, -0.1) is 0 Å². The molecular formula is C30H35FN6O5. The van der Waals surface area contributed by atoms with Crippen molar-refractivity contribution >= 4 is 17.8 Å². The van der Waals surface area contributed by atoms with E-state index in [2.05, 4.69) is 15.5 Å². The van der Waals surface area contributed by atoms with Gasteiger partial charge in [0.15, 0.2) is 0 Å². The number of imide groups is 1. The van der Waals surface area contributed by atoms with Crippen molar-refractivity contribution in [1.82, 2.24) is 25.5 Å². The maximum Gasteiger partial charge on any atom is 0.322 e. The topological polar surface area (TPSA) is 129 Å². The van der Waals surface area contributed by atoms with Gasteiger partial charge in [0.05, 0.1) is 30.0 Å². The summed E-state index contributed by atoms with van der Waals surface area (Å²) >= 11 is 0. The number of benzene rings is 1. The number of aromatic nitrogens is 2. The molecule has 222 valence electrons. The molecule has 8 rings (SSSR count). The zero-order valence-corrected chi connectivity index (χ0v) is 23.5. The van der Waals surface area contributed by atoms with E-state index in [0.29, 0.717) is 51.2 Å². The molecule has 4 saturated heterocycles. The number of urea groups is 1. The number of aromatic hydroxyl groups is 1. The molecule has 11 nitrogen and oxygen atoms in total. The molecule has 6 heterocycles. The number of phenols is 1. The van der Waals surface area contributed by atoms with Crippen LogP contribution < -0.4 is 20.3 Å². The summed E-state index contributed by atoms with van der Waals surface area (Å²) in [5.74, 6) is 0.523. The third kappa shape index (κ3) is 3.98. The van der Waals surface area contributed by atoms with Gasteiger partial charge in [-0.3, -0.25) is 15.0 Å². The number of nitrogens with one attached hydrogen (secondary N) is 2. The highest BCUT2D eigenvalue weighted by molar-refractivity contribution is 6.07. The van der Waals surface area contributed by atoms with Crippen molar-refractivity contribution < 1.29 is 28.6 Å². The van der Waals surface area contributed by atoms with Crippen LogP contribution in [0.15, 0.2) is 18.2 Å². The Hall–Kier alpha value is -3.51. The fourth-order valence-electron chi connectivity index (χ4n) is 8.36. The van der Waals surface area contributed by atoms with Crippen LogP contribution in [0.25, 0.3) is 0 Å². The Labute approximate surface area is 242 Å². The van der Waals surface area contributed by atoms with Gasteiger partial charge in [0, 0.05) is 31.5 Å². The Morgan fingerprint density at radius 3 is 2.90 bits per heavy atom. The molecule has 3 amide bonds. The number of carbonyl (C=O) groups is 2. The fourth-order valence-corrected chi connectivity index (χ4v) is 8.36. The van der Waals surface area contributed by atoms with Gasteiger partial charge in [-0.1, -0.05) is 6.07 Å². The normalized spacial score (nSPS) is 33.5. The second-order valence-electron chi connectivity index (χ2n) is 12.9. The number of anilines is 1. The van der Waals surface area contributed by atoms with Gasteiger partial charge in [-0.2, -0.15) is 9.97 Å². The van der Waals surface area contributed by atoms with Crippen LogP contribution in [0.1, 0.15) is 60.9 Å². The molecule has 1 aromatic heterocycles. The van der Waals surface area contributed by atoms with Crippen LogP contribution in [0.5, 0.6) is 11.8 Å². The van der Waals surface area contributed by atoms with E-state index in [0.717, 1.165) is 54.6 Å². The lowest BCUT2D eigenvalue weighted by molar-refractivity contribution is -0.124. The number of phenolic OH excluding ortho intramolecular Hbond substituents is 1. The molecule has 12 heteroatoms. The highest BCUT2D eigenvalue weighted by Gasteiger charge is 2.51. The summed E-state index contributed by atoms with van der Waals surface area (Å²) in [4.78, 5) is 39.0. The average molecular weight is 579 g/mol. The zero-order valence-electron chi connectivity index (χ0n) is 23.5. The number of fused-ring (bicyclic) bond motifs is 4. The Balaban J connectivity index is 1.16. The van der Waals surface area contributed by atoms with Crippen LogP contribution in [-0.4, -0.2) is 81.9 Å². The molecule has 0 saturated carbocycles. The van der Waals surface area contributed by atoms with Crippen molar-refractivity contribution in [2.75, 3.05) is 37.7 Å². The highest BCUT2D eigenvalue weighted by Crippen LogP contribution is 2.48. The lowest BCUT2D eigenvalue weighted by Gasteiger charge is -2.41. The Kier molecular flexibility index (Phi) is 5.75. The van der Waals surface area contributed by atoms with E-state index >= 15 is 0 Å². The second-order valence-corrected chi connectivity index (χ2v) is 12.9. The van der Waals surface area contributed by atoms with Crippen LogP contribution in [0.3, 0.4) is 0 Å². The van der Waals surface area contributed by atoms with Gasteiger partial charge in [0.2, 0.25) is 0 Å². The summed E-state index contributed by atoms with van der Waals surface area (Å²) in [7, 11) is 0. The molecule has 2 spiro atoms. The number of aryl methyl sites for hydroxylation is 1. The summed E-state index contributed by atoms with van der Waals surface area (Å²) in [5.41, 5.74) is 1.83. The first kappa shape index (κ1) is 26.1. The first-order valence-corrected chi connectivity index (χ1v) is 15.0. The molecule has 1 aromatic carbocycles. The molecule has 2 aromatic rings. The third-order valence-electron chi connectivity index (χ3n) is 10.4. The number of piperidine rings is 1. The predicted octanol–water partition coefficient (Wildman–Crippen LogP) is 2.23. The first-order valence-electron chi connectivity index (χ1n) is 15.0. The molecule has 5 aliphatic heterocycles. The fraction of sp³-hybridized carbons (Fsp3) is 0.600. The lowest BCUT2D eigenvalue weighted by Crippen LogP contribution is -2.59. The number of halogens is 1. The van der Waals surface area contributed by atoms with Crippen LogP contribution in [-0.2, 0) is 34.6 Å². The van der Waals surface area contributed by atoms with Crippen LogP contribution in [0, 0.1) is 0 Å². The van der Waals surface area contributed by atoms with Gasteiger partial charge < -0.3 is 24.8 Å². The lowest BCUT2D eigenvalue weighted by atomic mass is 9.86. The maximum atomic E-state index is 14.4. The van der Waals surface area contributed by atoms with Crippen molar-refractivity contribution in [3.05, 3.63) is 40.6 Å². The van der Waals surface area contributed by atoms with Crippen LogP contribution >= 0.6 is 0 Å². The minimum absolute atomic E-state index is 0.204. The predicted molar refractivity (Wildman–Crippen MR) is 148 cm³/mol. The number of alkyl halides is 1. The average Bonchev–Trinajstić information content (AvgIpc) is 3.67. The van der Waals surface area contributed by atoms with Crippen molar-refractivity contribution in [3.63, 3.8) is 0 Å². The number of rotatable bonds is 4. The number of hydrogen-bond donors (Lipinski definition) is 3. The highest BCUT2D eigenvalue weighted by atomic mass is 19.1. The molecule has 4 atom stereocenters. The molecular weight excluding hydrogens is 543 g/mol. The molecule has 6 aliphatic rings. The number of amides is 3. The van der Waals surface area contributed by atoms with E-state index in [1.165, 1.54) is 0 Å². The quantitative estimate of drug-likeness (QED) is 0.468. The van der Waals surface area contributed by atoms with E-state index in [4.69, 9.17) is 19.4 Å². The van der Waals surface area contributed by atoms with Gasteiger partial charge >= 0.3 is 12.0 Å². The Morgan fingerprint density at radius 2 is 2.05 bits per heavy atom. The summed E-state index contributed by atoms with van der Waals surface area (Å²) in [5, 5.41) is 15.5. The number of nitrogens with zero attached hydrogens (tertiary/aromatic N) is 4. The standard InChI is InChI=1S/C30H35FN6O5/c31-19-12-28(6-1-10-37(28)14-19)17-41-27-32-23-13-30(8-5-18-3-4-20(38)11-22(18)30)42-15-21(23)24(33-27)36-9-2-7-29(16-36)25(39)34-26(40)35-29/h3-4,11,19,38H,1-2,5-10,12-17H2,(H2,34,35,39,40)/t19-,28?,29?,30?/m1/s1. The molecule has 0 radical (unpaired) electrons.